The number of benzene rings is 2. The summed E-state index contributed by atoms with van der Waals surface area (Å²) >= 11 is 0. The summed E-state index contributed by atoms with van der Waals surface area (Å²) in [6.07, 6.45) is 3.23. The van der Waals surface area contributed by atoms with E-state index in [2.05, 4.69) is 9.72 Å². The first-order valence-corrected chi connectivity index (χ1v) is 6.33. The second-order valence-corrected chi connectivity index (χ2v) is 4.42. The highest BCUT2D eigenvalue weighted by Gasteiger charge is 2.06. The van der Waals surface area contributed by atoms with Gasteiger partial charge >= 0.3 is 5.97 Å². The first kappa shape index (κ1) is 12.4. The van der Waals surface area contributed by atoms with E-state index in [0.717, 1.165) is 27.4 Å². The second kappa shape index (κ2) is 5.13. The molecule has 1 heterocycles. The van der Waals surface area contributed by atoms with Gasteiger partial charge < -0.3 is 4.74 Å². The van der Waals surface area contributed by atoms with Crippen molar-refractivity contribution in [2.24, 2.45) is 0 Å². The zero-order valence-corrected chi connectivity index (χ0v) is 11.0. The van der Waals surface area contributed by atoms with Crippen LogP contribution >= 0.6 is 0 Å². The summed E-state index contributed by atoms with van der Waals surface area (Å²) in [6.45, 7) is 0. The molecule has 0 aliphatic rings. The van der Waals surface area contributed by atoms with E-state index in [9.17, 15) is 4.79 Å². The molecular formula is C17H13NO2. The van der Waals surface area contributed by atoms with Gasteiger partial charge in [0.25, 0.3) is 0 Å². The highest BCUT2D eigenvalue weighted by Crippen LogP contribution is 2.26. The van der Waals surface area contributed by atoms with E-state index in [1.807, 2.05) is 48.5 Å². The molecule has 0 saturated carbocycles. The fraction of sp³-hybridized carbons (Fsp3) is 0.0588. The van der Waals surface area contributed by atoms with E-state index in [-0.39, 0.29) is 5.97 Å². The molecule has 3 rings (SSSR count). The van der Waals surface area contributed by atoms with Gasteiger partial charge in [0.2, 0.25) is 0 Å². The van der Waals surface area contributed by atoms with Crippen LogP contribution in [0.3, 0.4) is 0 Å². The van der Waals surface area contributed by atoms with Crippen LogP contribution in [0.2, 0.25) is 0 Å². The van der Waals surface area contributed by atoms with Crippen LogP contribution in [0.4, 0.5) is 0 Å². The van der Waals surface area contributed by atoms with Crippen molar-refractivity contribution in [3.05, 3.63) is 60.2 Å². The van der Waals surface area contributed by atoms with Crippen molar-refractivity contribution in [2.45, 2.75) is 0 Å². The molecule has 20 heavy (non-hydrogen) atoms. The second-order valence-electron chi connectivity index (χ2n) is 4.42. The maximum atomic E-state index is 11.3. The minimum absolute atomic E-state index is 0.366. The van der Waals surface area contributed by atoms with Crippen LogP contribution in [0, 0.1) is 0 Å². The number of carbonyl (C=O) groups is 1. The fourth-order valence-electron chi connectivity index (χ4n) is 2.27. The molecule has 0 unspecified atom stereocenters. The third-order valence-corrected chi connectivity index (χ3v) is 3.22. The Hall–Kier alpha value is -2.68. The molecule has 3 aromatic rings. The minimum Gasteiger partial charge on any atom is -0.466 e. The quantitative estimate of drug-likeness (QED) is 0.403. The average Bonchev–Trinajstić information content (AvgIpc) is 2.51. The van der Waals surface area contributed by atoms with Gasteiger partial charge in [-0.3, -0.25) is 0 Å². The van der Waals surface area contributed by atoms with Gasteiger partial charge in [-0.05, 0) is 23.8 Å². The van der Waals surface area contributed by atoms with Crippen LogP contribution in [0.5, 0.6) is 0 Å². The molecule has 0 aliphatic heterocycles. The third kappa shape index (κ3) is 2.14. The van der Waals surface area contributed by atoms with Gasteiger partial charge in [0.05, 0.1) is 18.1 Å². The SMILES string of the molecule is COC(=O)C=Cc1c2ccccc2nc2ccccc12. The Morgan fingerprint density at radius 2 is 1.55 bits per heavy atom. The summed E-state index contributed by atoms with van der Waals surface area (Å²) in [4.78, 5) is 16.0. The molecule has 3 nitrogen and oxygen atoms in total. The van der Waals surface area contributed by atoms with Crippen LogP contribution in [-0.4, -0.2) is 18.1 Å². The first-order valence-electron chi connectivity index (χ1n) is 6.33. The molecule has 0 amide bonds. The number of aromatic nitrogens is 1. The van der Waals surface area contributed by atoms with Gasteiger partial charge in [-0.2, -0.15) is 0 Å². The van der Waals surface area contributed by atoms with Crippen molar-refractivity contribution >= 4 is 33.9 Å². The molecule has 3 heteroatoms. The maximum Gasteiger partial charge on any atom is 0.330 e. The Labute approximate surface area is 116 Å². The predicted octanol–water partition coefficient (Wildman–Crippen LogP) is 3.57. The van der Waals surface area contributed by atoms with Gasteiger partial charge in [0.1, 0.15) is 0 Å². The first-order chi connectivity index (χ1) is 9.79. The van der Waals surface area contributed by atoms with Crippen LogP contribution in [0.25, 0.3) is 27.9 Å². The molecule has 0 aliphatic carbocycles. The van der Waals surface area contributed by atoms with Crippen molar-refractivity contribution in [3.63, 3.8) is 0 Å². The number of para-hydroxylation sites is 2. The molecule has 0 saturated heterocycles. The fourth-order valence-corrected chi connectivity index (χ4v) is 2.27. The van der Waals surface area contributed by atoms with Gasteiger partial charge in [-0.25, -0.2) is 9.78 Å². The van der Waals surface area contributed by atoms with Crippen LogP contribution in [0.1, 0.15) is 5.56 Å². The highest BCUT2D eigenvalue weighted by molar-refractivity contribution is 6.04. The molecule has 0 spiro atoms. The molecule has 2 aromatic carbocycles. The molecule has 0 radical (unpaired) electrons. The van der Waals surface area contributed by atoms with Crippen molar-refractivity contribution in [1.29, 1.82) is 0 Å². The van der Waals surface area contributed by atoms with E-state index in [0.29, 0.717) is 0 Å². The number of ether oxygens (including phenoxy) is 1. The number of fused-ring (bicyclic) bond motifs is 2. The Balaban J connectivity index is 2.33. The summed E-state index contributed by atoms with van der Waals surface area (Å²) in [5.41, 5.74) is 2.81. The number of nitrogens with zero attached hydrogens (tertiary/aromatic N) is 1. The Kier molecular flexibility index (Phi) is 3.17. The molecule has 0 fully saturated rings. The van der Waals surface area contributed by atoms with Crippen molar-refractivity contribution < 1.29 is 9.53 Å². The molecule has 0 atom stereocenters. The number of hydrogen-bond acceptors (Lipinski definition) is 3. The molecule has 1 aromatic heterocycles. The van der Waals surface area contributed by atoms with Crippen molar-refractivity contribution in [3.8, 4) is 0 Å². The third-order valence-electron chi connectivity index (χ3n) is 3.22. The van der Waals surface area contributed by atoms with Crippen molar-refractivity contribution in [2.75, 3.05) is 7.11 Å². The number of hydrogen-bond donors (Lipinski definition) is 0. The standard InChI is InChI=1S/C17H13NO2/c1-20-17(19)11-10-12-13-6-2-4-8-15(13)18-16-9-5-3-7-14(12)16/h2-11H,1H3. The predicted molar refractivity (Wildman–Crippen MR) is 80.3 cm³/mol. The normalized spacial score (nSPS) is 11.2. The summed E-state index contributed by atoms with van der Waals surface area (Å²) in [5.74, 6) is -0.366. The highest BCUT2D eigenvalue weighted by atomic mass is 16.5. The zero-order chi connectivity index (χ0) is 13.9. The lowest BCUT2D eigenvalue weighted by Crippen LogP contribution is -1.94. The summed E-state index contributed by atoms with van der Waals surface area (Å²) in [6, 6.07) is 15.8. The largest absolute Gasteiger partial charge is 0.466 e. The number of carbonyl (C=O) groups excluding carboxylic acids is 1. The monoisotopic (exact) mass is 263 g/mol. The van der Waals surface area contributed by atoms with E-state index in [1.165, 1.54) is 13.2 Å². The number of pyridine rings is 1. The van der Waals surface area contributed by atoms with E-state index in [1.54, 1.807) is 6.08 Å². The average molecular weight is 263 g/mol. The summed E-state index contributed by atoms with van der Waals surface area (Å²) in [7, 11) is 1.37. The number of methoxy groups -OCH3 is 1. The molecular weight excluding hydrogens is 250 g/mol. The number of rotatable bonds is 2. The van der Waals surface area contributed by atoms with E-state index in [4.69, 9.17) is 0 Å². The summed E-state index contributed by atoms with van der Waals surface area (Å²) < 4.78 is 4.65. The zero-order valence-electron chi connectivity index (χ0n) is 11.0. The van der Waals surface area contributed by atoms with Gasteiger partial charge in [-0.15, -0.1) is 0 Å². The van der Waals surface area contributed by atoms with Crippen LogP contribution < -0.4 is 0 Å². The van der Waals surface area contributed by atoms with Crippen molar-refractivity contribution in [1.82, 2.24) is 4.98 Å². The Morgan fingerprint density at radius 1 is 1.00 bits per heavy atom. The van der Waals surface area contributed by atoms with Gasteiger partial charge in [-0.1, -0.05) is 36.4 Å². The lowest BCUT2D eigenvalue weighted by molar-refractivity contribution is -0.134. The van der Waals surface area contributed by atoms with Gasteiger partial charge in [0, 0.05) is 16.8 Å². The Bertz CT molecular complexity index is 767. The number of esters is 1. The topological polar surface area (TPSA) is 39.2 Å². The summed E-state index contributed by atoms with van der Waals surface area (Å²) in [5, 5.41) is 2.04. The Morgan fingerprint density at radius 3 is 2.10 bits per heavy atom. The smallest absolute Gasteiger partial charge is 0.330 e. The van der Waals surface area contributed by atoms with Gasteiger partial charge in [0.15, 0.2) is 0 Å². The maximum absolute atomic E-state index is 11.3. The molecule has 0 N–H and O–H groups in total. The lowest BCUT2D eigenvalue weighted by atomic mass is 10.0. The minimum atomic E-state index is -0.366. The van der Waals surface area contributed by atoms with Crippen LogP contribution in [0.15, 0.2) is 54.6 Å². The van der Waals surface area contributed by atoms with E-state index >= 15 is 0 Å². The molecule has 0 bridgehead atoms. The van der Waals surface area contributed by atoms with E-state index < -0.39 is 0 Å². The molecule has 98 valence electrons. The van der Waals surface area contributed by atoms with Crippen LogP contribution in [-0.2, 0) is 9.53 Å². The lowest BCUT2D eigenvalue weighted by Gasteiger charge is -2.07.